The third-order valence-corrected chi connectivity index (χ3v) is 18.1. The summed E-state index contributed by atoms with van der Waals surface area (Å²) in [6, 6.07) is 10.9. The summed E-state index contributed by atoms with van der Waals surface area (Å²) in [5.41, 5.74) is 17.2. The van der Waals surface area contributed by atoms with E-state index in [0.29, 0.717) is 18.5 Å². The molecule has 6 aliphatic rings. The Morgan fingerprint density at radius 1 is 0.932 bits per heavy atom. The van der Waals surface area contributed by atoms with Gasteiger partial charge in [0.15, 0.2) is 6.23 Å². The standard InChI is InChI=1S/C50H59N6O15P3/c1-30-24-33(17-18-36(30)42-39-25-31-13-8-20-54-22-10-15-37(43(31)54)45(39)69-46-38-16-11-23-55-21-9-14-32(44(38)55)26-40(42)46)48(58)52-19-7-5-3-2-4-6-12-34-28-56(50(59)53-47(34)51)49-41(57)27-35(68-49)29-67-73(63,64)71-74(65,66)70-72(60,61)62/h17-18,24-26,28,35,41,49,57H,2-5,7-11,13-16,19-23,27,29H2,1H3,(H6-,51,52,53,58,59,60,61,62,63,64,65,66)/p-2. The van der Waals surface area contributed by atoms with Crippen molar-refractivity contribution in [2.75, 3.05) is 50.0 Å². The second kappa shape index (κ2) is 21.2. The first-order chi connectivity index (χ1) is 35.3. The van der Waals surface area contributed by atoms with Crippen molar-refractivity contribution in [1.82, 2.24) is 19.4 Å². The van der Waals surface area contributed by atoms with E-state index in [2.05, 4.69) is 69.9 Å². The predicted octanol–water partition coefficient (Wildman–Crippen LogP) is 2.40. The first-order valence-corrected chi connectivity index (χ1v) is 29.5. The molecule has 4 aromatic rings. The molecule has 1 saturated heterocycles. The van der Waals surface area contributed by atoms with Gasteiger partial charge in [0.1, 0.15) is 36.5 Å². The fourth-order valence-corrected chi connectivity index (χ4v) is 14.3. The van der Waals surface area contributed by atoms with Crippen molar-refractivity contribution in [2.24, 2.45) is 0 Å². The number of nitrogens with two attached hydrogens (primary N) is 1. The van der Waals surface area contributed by atoms with E-state index in [4.69, 9.17) is 20.1 Å². The molecule has 1 aromatic heterocycles. The molecule has 5 N–H and O–H groups in total. The summed E-state index contributed by atoms with van der Waals surface area (Å²) >= 11 is 0. The molecule has 7 heterocycles. The predicted molar refractivity (Wildman–Crippen MR) is 264 cm³/mol. The molecule has 0 saturated carbocycles. The largest absolute Gasteiger partial charge is 0.756 e. The van der Waals surface area contributed by atoms with Crippen LogP contribution in [0.2, 0.25) is 0 Å². The Hall–Kier alpha value is -5.03. The molecule has 21 nitrogen and oxygen atoms in total. The summed E-state index contributed by atoms with van der Waals surface area (Å²) < 4.78 is 61.7. The Morgan fingerprint density at radius 2 is 1.68 bits per heavy atom. The molecule has 0 bridgehead atoms. The van der Waals surface area contributed by atoms with Gasteiger partial charge >= 0.3 is 5.69 Å². The number of benzene rings is 3. The van der Waals surface area contributed by atoms with Gasteiger partial charge in [0.05, 0.1) is 23.8 Å². The number of phosphoric acid groups is 3. The number of anilines is 2. The average Bonchev–Trinajstić information content (AvgIpc) is 3.72. The van der Waals surface area contributed by atoms with E-state index >= 15 is 0 Å². The lowest BCUT2D eigenvalue weighted by molar-refractivity contribution is -0.250. The lowest BCUT2D eigenvalue weighted by Gasteiger charge is -2.39. The zero-order valence-electron chi connectivity index (χ0n) is 40.7. The number of rotatable bonds is 16. The number of amides is 1. The first-order valence-electron chi connectivity index (χ1n) is 25.1. The highest BCUT2D eigenvalue weighted by atomic mass is 31.3. The number of aryl methyl sites for hydroxylation is 3. The molecule has 24 heteroatoms. The van der Waals surface area contributed by atoms with E-state index in [1.807, 2.05) is 12.1 Å². The second-order valence-corrected chi connectivity index (χ2v) is 23.9. The van der Waals surface area contributed by atoms with Gasteiger partial charge < -0.3 is 54.6 Å². The molecular weight excluding hydrogens is 1020 g/mol. The molecule has 394 valence electrons. The van der Waals surface area contributed by atoms with Crippen LogP contribution in [0.25, 0.3) is 5.57 Å². The van der Waals surface area contributed by atoms with E-state index in [-0.39, 0.29) is 23.7 Å². The number of nitrogens with one attached hydrogen (secondary N) is 1. The molecule has 6 unspecified atom stereocenters. The van der Waals surface area contributed by atoms with Gasteiger partial charge in [-0.2, -0.15) is 4.98 Å². The van der Waals surface area contributed by atoms with E-state index in [9.17, 15) is 43.1 Å². The molecular formula is C50H57N6O15P3-2. The molecule has 3 aromatic carbocycles. The quantitative estimate of drug-likeness (QED) is 0.0477. The van der Waals surface area contributed by atoms with Gasteiger partial charge in [-0.3, -0.25) is 23.1 Å². The van der Waals surface area contributed by atoms with Crippen LogP contribution >= 0.6 is 23.5 Å². The van der Waals surface area contributed by atoms with Crippen molar-refractivity contribution >= 4 is 46.5 Å². The van der Waals surface area contributed by atoms with Crippen LogP contribution in [0.3, 0.4) is 0 Å². The van der Waals surface area contributed by atoms with Gasteiger partial charge in [0.2, 0.25) is 5.36 Å². The van der Waals surface area contributed by atoms with Crippen LogP contribution in [0.1, 0.15) is 125 Å². The van der Waals surface area contributed by atoms with E-state index in [1.54, 1.807) is 0 Å². The van der Waals surface area contributed by atoms with Crippen molar-refractivity contribution in [3.63, 3.8) is 0 Å². The summed E-state index contributed by atoms with van der Waals surface area (Å²) in [5, 5.41) is 16.3. The summed E-state index contributed by atoms with van der Waals surface area (Å²) in [5.74, 6) is 7.62. The number of phosphoric ester groups is 1. The molecule has 10 rings (SSSR count). The molecule has 0 spiro atoms. The summed E-state index contributed by atoms with van der Waals surface area (Å²) in [4.78, 5) is 75.3. The molecule has 6 aliphatic heterocycles. The molecule has 0 radical (unpaired) electrons. The number of carbonyl (C=O) groups excluding carboxylic acids is 1. The van der Waals surface area contributed by atoms with Gasteiger partial charge in [-0.1, -0.05) is 30.7 Å². The maximum absolute atomic E-state index is 13.6. The maximum atomic E-state index is 13.6. The number of nitrogen functional groups attached to an aromatic ring is 1. The molecule has 6 atom stereocenters. The number of aliphatic hydroxyl groups is 1. The Labute approximate surface area is 426 Å². The van der Waals surface area contributed by atoms with Gasteiger partial charge in [0, 0.05) is 90.2 Å². The van der Waals surface area contributed by atoms with Crippen molar-refractivity contribution in [2.45, 2.75) is 115 Å². The van der Waals surface area contributed by atoms with Crippen LogP contribution in [-0.2, 0) is 57.3 Å². The average molecular weight is 1070 g/mol. The van der Waals surface area contributed by atoms with Gasteiger partial charge in [-0.15, -0.1) is 0 Å². The fraction of sp³-hybridized carbons (Fsp3) is 0.480. The van der Waals surface area contributed by atoms with Crippen molar-refractivity contribution in [3.05, 3.63) is 108 Å². The topological polar surface area (TPSA) is 303 Å². The number of nitrogens with zero attached hydrogens (tertiary/aromatic N) is 4. The van der Waals surface area contributed by atoms with E-state index < -0.39 is 54.2 Å². The number of aliphatic hydroxyl groups excluding tert-OH is 1. The van der Waals surface area contributed by atoms with Crippen molar-refractivity contribution < 1.29 is 65.8 Å². The number of unbranched alkanes of at least 4 members (excludes halogenated alkanes) is 4. The van der Waals surface area contributed by atoms with E-state index in [0.717, 1.165) is 141 Å². The highest BCUT2D eigenvalue weighted by Gasteiger charge is 2.39. The number of ether oxygens (including phenoxy) is 2. The Bertz CT molecular complexity index is 3340. The minimum absolute atomic E-state index is 0.129. The van der Waals surface area contributed by atoms with Crippen molar-refractivity contribution in [3.8, 4) is 23.3 Å². The Balaban J connectivity index is 0.747. The highest BCUT2D eigenvalue weighted by molar-refractivity contribution is 7.65. The third kappa shape index (κ3) is 11.1. The minimum Gasteiger partial charge on any atom is -0.756 e. The monoisotopic (exact) mass is 1070 g/mol. The maximum Gasteiger partial charge on any atom is 0.351 e. The first kappa shape index (κ1) is 52.4. The van der Waals surface area contributed by atoms with Crippen LogP contribution < -0.4 is 56.2 Å². The number of fused-ring (bicyclic) bond motifs is 4. The smallest absolute Gasteiger partial charge is 0.351 e. The molecule has 1 amide bonds. The zero-order chi connectivity index (χ0) is 52.1. The van der Waals surface area contributed by atoms with Crippen molar-refractivity contribution in [1.29, 1.82) is 0 Å². The van der Waals surface area contributed by atoms with Crippen LogP contribution in [0, 0.1) is 18.8 Å². The number of hydrogen-bond acceptors (Lipinski definition) is 17. The normalized spacial score (nSPS) is 21.9. The lowest BCUT2D eigenvalue weighted by Crippen LogP contribution is -2.45. The number of aromatic nitrogens is 2. The van der Waals surface area contributed by atoms with Gasteiger partial charge in [0.25, 0.3) is 29.4 Å². The summed E-state index contributed by atoms with van der Waals surface area (Å²) in [6.07, 6.45) is 9.17. The molecule has 74 heavy (non-hydrogen) atoms. The van der Waals surface area contributed by atoms with E-state index in [1.165, 1.54) is 45.1 Å². The Kier molecular flexibility index (Phi) is 15.0. The second-order valence-electron chi connectivity index (χ2n) is 19.6. The number of hydrogen-bond donors (Lipinski definition) is 4. The Morgan fingerprint density at radius 3 is 2.46 bits per heavy atom. The zero-order valence-corrected chi connectivity index (χ0v) is 43.4. The van der Waals surface area contributed by atoms with Gasteiger partial charge in [-0.25, -0.2) is 18.0 Å². The van der Waals surface area contributed by atoms with Gasteiger partial charge in [-0.05, 0) is 99.2 Å². The van der Waals surface area contributed by atoms with Crippen LogP contribution in [0.15, 0.2) is 41.3 Å². The highest BCUT2D eigenvalue weighted by Crippen LogP contribution is 2.61. The van der Waals surface area contributed by atoms with Crippen LogP contribution in [0.5, 0.6) is 11.5 Å². The molecule has 1 fully saturated rings. The SMILES string of the molecule is Cc1cc(C(=O)NCCCCCCC#Cc2cn(C3OC(COP(=O)([O-])OP(=O)([O-])OP(=O)([O-])O)CC3O)c(=O)nc2N)ccc1C1=c2cc3c4c(c2Oc2c1cc1c5c2CCCN5CCC1)CCC[N+]=4CCC3. The van der Waals surface area contributed by atoms with Crippen LogP contribution in [-0.4, -0.2) is 77.0 Å². The molecule has 0 aliphatic carbocycles. The minimum atomic E-state index is -6.11. The summed E-state index contributed by atoms with van der Waals surface area (Å²) in [7, 11) is -17.8. The third-order valence-electron chi connectivity index (χ3n) is 14.4. The lowest BCUT2D eigenvalue weighted by atomic mass is 9.81. The summed E-state index contributed by atoms with van der Waals surface area (Å²) in [6.45, 7) is 6.03. The fourth-order valence-electron chi connectivity index (χ4n) is 11.4. The number of carbonyl (C=O) groups is 1. The van der Waals surface area contributed by atoms with Crippen LogP contribution in [0.4, 0.5) is 11.5 Å².